The molecular weight excluding hydrogens is 999 g/mol. The molecule has 8 aliphatic heterocycles. The fourth-order valence-corrected chi connectivity index (χ4v) is 14.8. The number of amides is 2. The van der Waals surface area contributed by atoms with Crippen LogP contribution in [0.3, 0.4) is 0 Å². The second kappa shape index (κ2) is 20.5. The molecule has 2 saturated carbocycles. The first-order valence-electron chi connectivity index (χ1n) is 28.6. The number of methoxy groups -OCH3 is 1. The number of cyclic esters (lactones) is 1. The highest BCUT2D eigenvalue weighted by molar-refractivity contribution is 7.10. The summed E-state index contributed by atoms with van der Waals surface area (Å²) in [6.07, 6.45) is 9.05. The summed E-state index contributed by atoms with van der Waals surface area (Å²) in [5, 5.41) is 8.74. The molecule has 5 atom stereocenters. The third-order valence-corrected chi connectivity index (χ3v) is 19.5. The molecule has 14 rings (SSSR count). The molecule has 2 N–H and O–H groups in total. The molecule has 77 heavy (non-hydrogen) atoms. The Bertz CT molecular complexity index is 2870. The van der Waals surface area contributed by atoms with E-state index in [2.05, 4.69) is 80.4 Å². The SMILES string of the molecule is CO[C@@H](C)c1ncc(N2CCN(C3CC3)CC2)cc1-c1c2c3cc(ccc3n1CCOC1CCOCC1)-c1csc(n1)[C@@H](N1CC3(COC3)C1)[C@H](NC(=O)C13CC(C1)[C@H](C)O3)C(=O)N1CCC[C@H](N1)C(=O)OCC(C)(C)C2. The van der Waals surface area contributed by atoms with Crippen molar-refractivity contribution in [2.45, 2.75) is 140 Å². The van der Waals surface area contributed by atoms with Gasteiger partial charge in [0.2, 0.25) is 0 Å². The number of likely N-dealkylation sites (tertiary alicyclic amines) is 1. The first kappa shape index (κ1) is 51.8. The lowest BCUT2D eigenvalue weighted by Gasteiger charge is -2.58. The minimum Gasteiger partial charge on any atom is -0.464 e. The Balaban J connectivity index is 0.949. The van der Waals surface area contributed by atoms with E-state index < -0.39 is 35.1 Å². The van der Waals surface area contributed by atoms with Gasteiger partial charge in [-0.25, -0.2) is 10.4 Å². The fourth-order valence-electron chi connectivity index (χ4n) is 13.8. The number of nitrogens with one attached hydrogen (secondary N) is 2. The number of hydrogen-bond acceptors (Lipinski definition) is 16. The number of benzene rings is 1. The maximum atomic E-state index is 15.4. The van der Waals surface area contributed by atoms with Gasteiger partial charge in [0.15, 0.2) is 0 Å². The molecule has 9 fully saturated rings. The molecule has 4 aromatic rings. The molecule has 7 saturated heterocycles. The molecule has 2 amide bonds. The Morgan fingerprint density at radius 1 is 0.974 bits per heavy atom. The topological polar surface area (TPSA) is 174 Å². The van der Waals surface area contributed by atoms with Crippen LogP contribution in [-0.2, 0) is 55.8 Å². The van der Waals surface area contributed by atoms with E-state index in [-0.39, 0.29) is 42.1 Å². The van der Waals surface area contributed by atoms with Crippen LogP contribution < -0.4 is 15.6 Å². The van der Waals surface area contributed by atoms with Crippen molar-refractivity contribution in [3.63, 3.8) is 0 Å². The number of rotatable bonds is 12. The molecular formula is C58H77N9O9S. The largest absolute Gasteiger partial charge is 0.464 e. The zero-order valence-electron chi connectivity index (χ0n) is 45.6. The van der Waals surface area contributed by atoms with Gasteiger partial charge in [0.25, 0.3) is 11.8 Å². The molecule has 1 aromatic carbocycles. The Labute approximate surface area is 455 Å². The number of anilines is 1. The third-order valence-electron chi connectivity index (χ3n) is 18.5. The van der Waals surface area contributed by atoms with Crippen LogP contribution in [0.2, 0.25) is 0 Å². The summed E-state index contributed by atoms with van der Waals surface area (Å²) in [5.41, 5.74) is 9.70. The van der Waals surface area contributed by atoms with E-state index >= 15 is 4.79 Å². The highest BCUT2D eigenvalue weighted by Gasteiger charge is 2.62. The molecule has 2 aliphatic carbocycles. The smallest absolute Gasteiger partial charge is 0.324 e. The van der Waals surface area contributed by atoms with Crippen molar-refractivity contribution < 1.29 is 42.8 Å². The van der Waals surface area contributed by atoms with E-state index in [0.717, 1.165) is 100 Å². The van der Waals surface area contributed by atoms with Crippen molar-refractivity contribution in [2.24, 2.45) is 16.7 Å². The molecule has 0 radical (unpaired) electrons. The number of fused-ring (bicyclic) bond motifs is 7. The van der Waals surface area contributed by atoms with Crippen LogP contribution >= 0.6 is 11.3 Å². The standard InChI is InChI=1S/C58H77N9O9S/c1-35-38-25-58(26-38,76-35)55(70)61-49-51(65-30-57(31-65)33-73-34-57)52-60-46(29-77-52)37-8-11-47-42(23-37)44(27-56(3,4)32-75-54(69)45-7-6-14-67(62-45)53(49)68)50(66(47)19-22-74-41-12-20-72-21-13-41)43-24-40(28-59-48(43)36(2)71-5)64-17-15-63(16-18-64)39-9-10-39/h8,11,23-24,28-29,35-36,38-39,41,45,49,51,62H,6-7,9-10,12-22,25-27,30-34H2,1-5H3,(H,61,70)/t35-,36-,38?,45-,49-,51-,58?/m0/s1. The molecule has 414 valence electrons. The lowest BCUT2D eigenvalue weighted by Crippen LogP contribution is -2.70. The first-order chi connectivity index (χ1) is 37.3. The number of hydrogen-bond donors (Lipinski definition) is 2. The minimum atomic E-state index is -1.03. The van der Waals surface area contributed by atoms with Crippen molar-refractivity contribution >= 4 is 45.7 Å². The van der Waals surface area contributed by atoms with Crippen molar-refractivity contribution in [1.82, 2.24) is 40.1 Å². The van der Waals surface area contributed by atoms with Crippen molar-refractivity contribution in [3.8, 4) is 22.5 Å². The van der Waals surface area contributed by atoms with E-state index in [1.54, 1.807) is 12.1 Å². The summed E-state index contributed by atoms with van der Waals surface area (Å²) in [7, 11) is 1.75. The van der Waals surface area contributed by atoms with Gasteiger partial charge in [-0.1, -0.05) is 19.9 Å². The lowest BCUT2D eigenvalue weighted by atomic mass is 9.72. The van der Waals surface area contributed by atoms with Gasteiger partial charge in [0.1, 0.15) is 22.7 Å². The number of thiazole rings is 1. The van der Waals surface area contributed by atoms with Crippen LogP contribution in [0, 0.1) is 16.7 Å². The van der Waals surface area contributed by atoms with Crippen LogP contribution in [0.4, 0.5) is 5.69 Å². The normalized spacial score (nSPS) is 30.1. The number of carbonyl (C=O) groups is 3. The number of aromatic nitrogens is 3. The number of pyridine rings is 1. The van der Waals surface area contributed by atoms with E-state index in [9.17, 15) is 9.59 Å². The van der Waals surface area contributed by atoms with Crippen LogP contribution in [0.1, 0.15) is 107 Å². The summed E-state index contributed by atoms with van der Waals surface area (Å²) in [6, 6.07) is 7.33. The second-order valence-electron chi connectivity index (χ2n) is 24.8. The predicted molar refractivity (Wildman–Crippen MR) is 290 cm³/mol. The van der Waals surface area contributed by atoms with Crippen molar-refractivity contribution in [3.05, 3.63) is 52.1 Å². The Morgan fingerprint density at radius 3 is 2.48 bits per heavy atom. The van der Waals surface area contributed by atoms with E-state index in [1.165, 1.54) is 24.2 Å². The summed E-state index contributed by atoms with van der Waals surface area (Å²) >= 11 is 1.52. The summed E-state index contributed by atoms with van der Waals surface area (Å²) < 4.78 is 39.4. The van der Waals surface area contributed by atoms with Gasteiger partial charge in [0, 0.05) is 117 Å². The third kappa shape index (κ3) is 9.80. The quantitative estimate of drug-likeness (QED) is 0.157. The monoisotopic (exact) mass is 1080 g/mol. The molecule has 3 aromatic heterocycles. The first-order valence-corrected chi connectivity index (χ1v) is 29.5. The van der Waals surface area contributed by atoms with Crippen LogP contribution in [0.25, 0.3) is 33.4 Å². The maximum Gasteiger partial charge on any atom is 0.324 e. The minimum absolute atomic E-state index is 0.00271. The molecule has 19 heteroatoms. The van der Waals surface area contributed by atoms with Gasteiger partial charge >= 0.3 is 5.97 Å². The summed E-state index contributed by atoms with van der Waals surface area (Å²) in [6.45, 7) is 18.1. The molecule has 0 unspecified atom stereocenters. The van der Waals surface area contributed by atoms with Crippen LogP contribution in [0.15, 0.2) is 35.8 Å². The van der Waals surface area contributed by atoms with Gasteiger partial charge < -0.3 is 43.2 Å². The van der Waals surface area contributed by atoms with E-state index in [0.29, 0.717) is 97.2 Å². The number of ether oxygens (including phenoxy) is 6. The van der Waals surface area contributed by atoms with Gasteiger partial charge in [-0.15, -0.1) is 11.3 Å². The van der Waals surface area contributed by atoms with Gasteiger partial charge in [0.05, 0.1) is 79.7 Å². The van der Waals surface area contributed by atoms with Gasteiger partial charge in [-0.2, -0.15) is 0 Å². The Morgan fingerprint density at radius 2 is 1.77 bits per heavy atom. The average Bonchev–Trinajstić information content (AvgIpc) is 3.82. The van der Waals surface area contributed by atoms with Crippen molar-refractivity contribution in [1.29, 1.82) is 0 Å². The van der Waals surface area contributed by atoms with Crippen LogP contribution in [0.5, 0.6) is 0 Å². The summed E-state index contributed by atoms with van der Waals surface area (Å²) in [4.78, 5) is 62.6. The molecule has 8 bridgehead atoms. The zero-order valence-corrected chi connectivity index (χ0v) is 46.4. The van der Waals surface area contributed by atoms with Gasteiger partial charge in [-0.3, -0.25) is 34.2 Å². The molecule has 1 spiro atoms. The predicted octanol–water partition coefficient (Wildman–Crippen LogP) is 6.06. The summed E-state index contributed by atoms with van der Waals surface area (Å²) in [5.74, 6) is -0.675. The number of esters is 1. The maximum absolute atomic E-state index is 15.4. The number of piperazine rings is 1. The van der Waals surface area contributed by atoms with E-state index in [1.807, 2.05) is 13.1 Å². The van der Waals surface area contributed by atoms with Crippen LogP contribution in [-0.4, -0.2) is 176 Å². The molecule has 10 aliphatic rings. The fraction of sp³-hybridized carbons (Fsp3) is 0.672. The molecule has 18 nitrogen and oxygen atoms in total. The van der Waals surface area contributed by atoms with Gasteiger partial charge in [-0.05, 0) is 101 Å². The number of carbonyl (C=O) groups excluding carboxylic acids is 3. The second-order valence-corrected chi connectivity index (χ2v) is 25.7. The Kier molecular flexibility index (Phi) is 13.8. The lowest BCUT2D eigenvalue weighted by molar-refractivity contribution is -0.203. The highest BCUT2D eigenvalue weighted by atomic mass is 32.1. The molecule has 11 heterocycles. The average molecular weight is 1080 g/mol. The zero-order chi connectivity index (χ0) is 52.8. The highest BCUT2D eigenvalue weighted by Crippen LogP contribution is 2.53. The van der Waals surface area contributed by atoms with Crippen molar-refractivity contribution in [2.75, 3.05) is 97.5 Å². The number of hydrazine groups is 1. The Hall–Kier alpha value is -4.57. The number of nitrogens with zero attached hydrogens (tertiary/aromatic N) is 7. The van der Waals surface area contributed by atoms with E-state index in [4.69, 9.17) is 38.4 Å².